The number of rotatable bonds is 4. The van der Waals surface area contributed by atoms with E-state index in [-0.39, 0.29) is 0 Å². The Balaban J connectivity index is 1.32. The van der Waals surface area contributed by atoms with Gasteiger partial charge in [0, 0.05) is 34.5 Å². The molecule has 0 bridgehead atoms. The van der Waals surface area contributed by atoms with Crippen LogP contribution in [0.3, 0.4) is 0 Å². The van der Waals surface area contributed by atoms with Gasteiger partial charge in [-0.15, -0.1) is 0 Å². The van der Waals surface area contributed by atoms with Crippen LogP contribution in [-0.2, 0) is 5.41 Å². The molecule has 0 aliphatic carbocycles. The number of anilines is 3. The largest absolute Gasteiger partial charge is 0.310 e. The number of pyridine rings is 1. The van der Waals surface area contributed by atoms with Crippen LogP contribution in [0.25, 0.3) is 27.5 Å². The zero-order valence-electron chi connectivity index (χ0n) is 26.3. The van der Waals surface area contributed by atoms with Gasteiger partial charge in [0.2, 0.25) is 0 Å². The van der Waals surface area contributed by atoms with Gasteiger partial charge < -0.3 is 9.47 Å². The van der Waals surface area contributed by atoms with Crippen LogP contribution in [0.4, 0.5) is 17.1 Å². The summed E-state index contributed by atoms with van der Waals surface area (Å²) in [6.07, 6.45) is 3.80. The molecule has 0 atom stereocenters. The standard InChI is InChI=1S/C44H27N5/c45-27-30-16-20-32(21-17-30)44(33-22-18-31(28-46)19-23-33)38-11-2-5-14-42(38)49(43-15-6-3-12-39(43)44)35-9-7-8-34(26-35)48-40-13-4-1-10-36(40)37-29-47-25-24-41(37)48/h1-26,29H. The summed E-state index contributed by atoms with van der Waals surface area (Å²) in [7, 11) is 0. The molecule has 0 unspecified atom stereocenters. The topological polar surface area (TPSA) is 68.6 Å². The average Bonchev–Trinajstić information content (AvgIpc) is 3.51. The van der Waals surface area contributed by atoms with Gasteiger partial charge in [-0.1, -0.05) is 84.9 Å². The van der Waals surface area contributed by atoms with E-state index in [0.29, 0.717) is 11.1 Å². The van der Waals surface area contributed by atoms with E-state index in [1.54, 1.807) is 0 Å². The summed E-state index contributed by atoms with van der Waals surface area (Å²) in [4.78, 5) is 6.80. The lowest BCUT2D eigenvalue weighted by Gasteiger charge is -2.46. The van der Waals surface area contributed by atoms with Crippen molar-refractivity contribution in [3.05, 3.63) is 197 Å². The third-order valence-corrected chi connectivity index (χ3v) is 9.81. The molecule has 8 aromatic rings. The Morgan fingerprint density at radius 1 is 0.510 bits per heavy atom. The van der Waals surface area contributed by atoms with Gasteiger partial charge in [0.25, 0.3) is 0 Å². The summed E-state index contributed by atoms with van der Waals surface area (Å²) in [5.41, 5.74) is 11.2. The highest BCUT2D eigenvalue weighted by molar-refractivity contribution is 6.09. The molecule has 2 aromatic heterocycles. The molecule has 5 nitrogen and oxygen atoms in total. The zero-order valence-corrected chi connectivity index (χ0v) is 26.3. The van der Waals surface area contributed by atoms with Crippen LogP contribution >= 0.6 is 0 Å². The minimum atomic E-state index is -0.719. The van der Waals surface area contributed by atoms with Crippen LogP contribution in [0.2, 0.25) is 0 Å². The maximum atomic E-state index is 9.67. The maximum absolute atomic E-state index is 9.67. The van der Waals surface area contributed by atoms with Gasteiger partial charge >= 0.3 is 0 Å². The molecule has 1 aliphatic heterocycles. The molecule has 3 heterocycles. The first-order valence-corrected chi connectivity index (χ1v) is 16.2. The Kier molecular flexibility index (Phi) is 6.40. The van der Waals surface area contributed by atoms with Crippen molar-refractivity contribution in [1.29, 1.82) is 10.5 Å². The Morgan fingerprint density at radius 3 is 1.69 bits per heavy atom. The van der Waals surface area contributed by atoms with Gasteiger partial charge in [0.15, 0.2) is 0 Å². The SMILES string of the molecule is N#Cc1ccc(C2(c3ccc(C#N)cc3)c3ccccc3N(c3cccc(-n4c5ccccc5c5cnccc54)c3)c3ccccc32)cc1. The number of nitrogens with zero attached hydrogens (tertiary/aromatic N) is 5. The highest BCUT2D eigenvalue weighted by Crippen LogP contribution is 2.57. The summed E-state index contributed by atoms with van der Waals surface area (Å²) >= 11 is 0. The molecule has 0 saturated heterocycles. The molecule has 0 amide bonds. The highest BCUT2D eigenvalue weighted by atomic mass is 15.2. The lowest BCUT2D eigenvalue weighted by molar-refractivity contribution is 0.731. The van der Waals surface area contributed by atoms with Gasteiger partial charge in [-0.2, -0.15) is 10.5 Å². The Labute approximate surface area is 283 Å². The number of fused-ring (bicyclic) bond motifs is 5. The van der Waals surface area contributed by atoms with Crippen molar-refractivity contribution in [2.24, 2.45) is 0 Å². The number of nitriles is 2. The van der Waals surface area contributed by atoms with Gasteiger partial charge in [-0.05, 0) is 89.0 Å². The molecule has 49 heavy (non-hydrogen) atoms. The predicted molar refractivity (Wildman–Crippen MR) is 195 cm³/mol. The Bertz CT molecular complexity index is 2480. The van der Waals surface area contributed by atoms with Crippen molar-refractivity contribution >= 4 is 38.9 Å². The van der Waals surface area contributed by atoms with Gasteiger partial charge in [0.1, 0.15) is 0 Å². The summed E-state index contributed by atoms with van der Waals surface area (Å²) in [6, 6.07) is 56.8. The van der Waals surface area contributed by atoms with Crippen LogP contribution < -0.4 is 4.90 Å². The minimum Gasteiger partial charge on any atom is -0.310 e. The van der Waals surface area contributed by atoms with Crippen molar-refractivity contribution in [3.8, 4) is 17.8 Å². The van der Waals surface area contributed by atoms with E-state index in [1.165, 1.54) is 5.39 Å². The first-order chi connectivity index (χ1) is 24.2. The van der Waals surface area contributed by atoms with E-state index >= 15 is 0 Å². The van der Waals surface area contributed by atoms with Gasteiger partial charge in [0.05, 0.1) is 51.1 Å². The minimum absolute atomic E-state index is 0.607. The van der Waals surface area contributed by atoms with E-state index in [9.17, 15) is 10.5 Å². The first-order valence-electron chi connectivity index (χ1n) is 16.2. The second-order valence-corrected chi connectivity index (χ2v) is 12.3. The monoisotopic (exact) mass is 625 g/mol. The normalized spacial score (nSPS) is 13.0. The van der Waals surface area contributed by atoms with Crippen LogP contribution in [0.1, 0.15) is 33.4 Å². The summed E-state index contributed by atoms with van der Waals surface area (Å²) < 4.78 is 2.31. The van der Waals surface area contributed by atoms with Crippen molar-refractivity contribution in [1.82, 2.24) is 9.55 Å². The molecule has 1 aliphatic rings. The second kappa shape index (κ2) is 11.1. The molecule has 0 saturated carbocycles. The molecule has 0 N–H and O–H groups in total. The van der Waals surface area contributed by atoms with Crippen molar-refractivity contribution in [3.63, 3.8) is 0 Å². The molecular formula is C44H27N5. The van der Waals surface area contributed by atoms with Crippen LogP contribution in [0, 0.1) is 22.7 Å². The van der Waals surface area contributed by atoms with Crippen LogP contribution in [0.5, 0.6) is 0 Å². The summed E-state index contributed by atoms with van der Waals surface area (Å²) in [6.45, 7) is 0. The number of para-hydroxylation sites is 3. The average molecular weight is 626 g/mol. The molecule has 6 aromatic carbocycles. The Morgan fingerprint density at radius 2 is 1.06 bits per heavy atom. The molecule has 0 fully saturated rings. The van der Waals surface area contributed by atoms with Crippen molar-refractivity contribution in [2.75, 3.05) is 4.90 Å². The molecule has 5 heteroatoms. The van der Waals surface area contributed by atoms with Crippen LogP contribution in [0.15, 0.2) is 164 Å². The zero-order chi connectivity index (χ0) is 33.0. The third-order valence-electron chi connectivity index (χ3n) is 9.81. The fraction of sp³-hybridized carbons (Fsp3) is 0.0227. The number of aromatic nitrogens is 2. The van der Waals surface area contributed by atoms with Crippen molar-refractivity contribution in [2.45, 2.75) is 5.41 Å². The van der Waals surface area contributed by atoms with Crippen LogP contribution in [-0.4, -0.2) is 9.55 Å². The van der Waals surface area contributed by atoms with E-state index in [2.05, 4.69) is 154 Å². The number of hydrogen-bond acceptors (Lipinski definition) is 4. The fourth-order valence-electron chi connectivity index (χ4n) is 7.77. The summed E-state index contributed by atoms with van der Waals surface area (Å²) in [5, 5.41) is 21.6. The Hall–Kier alpha value is -6.95. The molecule has 228 valence electrons. The van der Waals surface area contributed by atoms with Crippen molar-refractivity contribution < 1.29 is 0 Å². The van der Waals surface area contributed by atoms with E-state index in [0.717, 1.165) is 61.4 Å². The van der Waals surface area contributed by atoms with Gasteiger partial charge in [-0.3, -0.25) is 4.98 Å². The molecule has 0 radical (unpaired) electrons. The smallest absolute Gasteiger partial charge is 0.0991 e. The number of benzene rings is 6. The van der Waals surface area contributed by atoms with Gasteiger partial charge in [-0.25, -0.2) is 0 Å². The molecule has 9 rings (SSSR count). The maximum Gasteiger partial charge on any atom is 0.0991 e. The molecular weight excluding hydrogens is 599 g/mol. The quantitative estimate of drug-likeness (QED) is 0.195. The predicted octanol–water partition coefficient (Wildman–Crippen LogP) is 10.1. The van der Waals surface area contributed by atoms with E-state index in [1.807, 2.05) is 36.7 Å². The molecule has 0 spiro atoms. The lowest BCUT2D eigenvalue weighted by Crippen LogP contribution is -2.37. The third kappa shape index (κ3) is 4.13. The van der Waals surface area contributed by atoms with E-state index in [4.69, 9.17) is 0 Å². The first kappa shape index (κ1) is 28.3. The lowest BCUT2D eigenvalue weighted by atomic mass is 9.62. The van der Waals surface area contributed by atoms with E-state index < -0.39 is 5.41 Å². The number of hydrogen-bond donors (Lipinski definition) is 0. The summed E-state index contributed by atoms with van der Waals surface area (Å²) in [5.74, 6) is 0. The highest BCUT2D eigenvalue weighted by Gasteiger charge is 2.46. The second-order valence-electron chi connectivity index (χ2n) is 12.3. The fourth-order valence-corrected chi connectivity index (χ4v) is 7.77.